The molecule has 1 aliphatic rings. The number of carbonyl (C=O) groups is 1. The lowest BCUT2D eigenvalue weighted by molar-refractivity contribution is -0.121. The van der Waals surface area contributed by atoms with Crippen molar-refractivity contribution in [3.63, 3.8) is 0 Å². The summed E-state index contributed by atoms with van der Waals surface area (Å²) in [7, 11) is 0. The number of hydrogen-bond acceptors (Lipinski definition) is 3. The Balaban J connectivity index is 1.87. The van der Waals surface area contributed by atoms with Gasteiger partial charge in [0.1, 0.15) is 5.75 Å². The average Bonchev–Trinajstić information content (AvgIpc) is 2.40. The lowest BCUT2D eigenvalue weighted by Crippen LogP contribution is -2.40. The van der Waals surface area contributed by atoms with Crippen LogP contribution in [0.25, 0.3) is 0 Å². The Morgan fingerprint density at radius 3 is 2.95 bits per heavy atom. The Hall–Kier alpha value is -1.55. The van der Waals surface area contributed by atoms with Crippen molar-refractivity contribution >= 4 is 11.6 Å². The van der Waals surface area contributed by atoms with E-state index in [9.17, 15) is 4.79 Å². The Labute approximate surface area is 114 Å². The van der Waals surface area contributed by atoms with Crippen molar-refractivity contribution < 1.29 is 9.53 Å². The van der Waals surface area contributed by atoms with Crippen LogP contribution in [0.3, 0.4) is 0 Å². The van der Waals surface area contributed by atoms with Gasteiger partial charge in [0.2, 0.25) is 0 Å². The lowest BCUT2D eigenvalue weighted by Gasteiger charge is -2.29. The van der Waals surface area contributed by atoms with Crippen molar-refractivity contribution in [2.45, 2.75) is 20.3 Å². The predicted molar refractivity (Wildman–Crippen MR) is 76.6 cm³/mol. The fourth-order valence-corrected chi connectivity index (χ4v) is 2.15. The molecular formula is C15H22N2O2. The number of fused-ring (bicyclic) bond motifs is 1. The van der Waals surface area contributed by atoms with Crippen LogP contribution in [0.1, 0.15) is 20.3 Å². The second-order valence-electron chi connectivity index (χ2n) is 5.25. The maximum absolute atomic E-state index is 11.9. The summed E-state index contributed by atoms with van der Waals surface area (Å²) in [5, 5.41) is 3.39. The highest BCUT2D eigenvalue weighted by Crippen LogP contribution is 2.31. The predicted octanol–water partition coefficient (Wildman–Crippen LogP) is 2.05. The first kappa shape index (κ1) is 13.9. The molecule has 4 nitrogen and oxygen atoms in total. The number of amides is 1. The first-order valence-corrected chi connectivity index (χ1v) is 6.91. The number of benzene rings is 1. The fourth-order valence-electron chi connectivity index (χ4n) is 2.15. The average molecular weight is 262 g/mol. The van der Waals surface area contributed by atoms with Crippen LogP contribution in [0.15, 0.2) is 24.3 Å². The van der Waals surface area contributed by atoms with Gasteiger partial charge in [-0.25, -0.2) is 0 Å². The summed E-state index contributed by atoms with van der Waals surface area (Å²) in [6, 6.07) is 7.71. The maximum atomic E-state index is 11.9. The topological polar surface area (TPSA) is 41.6 Å². The van der Waals surface area contributed by atoms with Gasteiger partial charge in [-0.2, -0.15) is 0 Å². The molecule has 1 amide bonds. The molecule has 1 aliphatic heterocycles. The minimum atomic E-state index is 0.0440. The van der Waals surface area contributed by atoms with Crippen LogP contribution in [-0.2, 0) is 4.79 Å². The molecule has 0 aromatic heterocycles. The molecule has 1 aromatic rings. The monoisotopic (exact) mass is 262 g/mol. The van der Waals surface area contributed by atoms with Gasteiger partial charge in [-0.3, -0.25) is 4.79 Å². The number of nitrogens with one attached hydrogen (secondary N) is 1. The highest BCUT2D eigenvalue weighted by atomic mass is 16.5. The van der Waals surface area contributed by atoms with Crippen molar-refractivity contribution in [2.24, 2.45) is 5.92 Å². The molecule has 4 heteroatoms. The van der Waals surface area contributed by atoms with Crippen LogP contribution in [-0.4, -0.2) is 32.1 Å². The Morgan fingerprint density at radius 1 is 1.37 bits per heavy atom. The van der Waals surface area contributed by atoms with E-state index in [1.165, 1.54) is 0 Å². The standard InChI is InChI=1S/C15H22N2O2/c1-12(2)10-16-8-5-9-17-13-6-3-4-7-14(13)19-11-15(17)18/h3-4,6-7,12,16H,5,8-11H2,1-2H3. The Bertz CT molecular complexity index is 432. The van der Waals surface area contributed by atoms with Crippen LogP contribution >= 0.6 is 0 Å². The van der Waals surface area contributed by atoms with E-state index in [1.807, 2.05) is 29.2 Å². The third kappa shape index (κ3) is 3.70. The highest BCUT2D eigenvalue weighted by Gasteiger charge is 2.24. The smallest absolute Gasteiger partial charge is 0.265 e. The molecule has 1 aromatic carbocycles. The van der Waals surface area contributed by atoms with Gasteiger partial charge in [-0.15, -0.1) is 0 Å². The van der Waals surface area contributed by atoms with E-state index in [4.69, 9.17) is 4.74 Å². The van der Waals surface area contributed by atoms with Crippen molar-refractivity contribution in [3.8, 4) is 5.75 Å². The first-order valence-electron chi connectivity index (χ1n) is 6.91. The molecular weight excluding hydrogens is 240 g/mol. The summed E-state index contributed by atoms with van der Waals surface area (Å²) in [6.07, 6.45) is 0.951. The minimum absolute atomic E-state index is 0.0440. The van der Waals surface area contributed by atoms with Gasteiger partial charge >= 0.3 is 0 Å². The molecule has 0 saturated heterocycles. The molecule has 0 spiro atoms. The van der Waals surface area contributed by atoms with Gasteiger partial charge in [0.15, 0.2) is 6.61 Å². The van der Waals surface area contributed by atoms with E-state index < -0.39 is 0 Å². The van der Waals surface area contributed by atoms with Crippen molar-refractivity contribution in [2.75, 3.05) is 31.1 Å². The minimum Gasteiger partial charge on any atom is -0.482 e. The molecule has 1 heterocycles. The molecule has 0 saturated carbocycles. The van der Waals surface area contributed by atoms with Gasteiger partial charge in [-0.05, 0) is 37.6 Å². The molecule has 0 fully saturated rings. The SMILES string of the molecule is CC(C)CNCCCN1C(=O)COc2ccccc21. The molecule has 104 valence electrons. The summed E-state index contributed by atoms with van der Waals surface area (Å²) in [4.78, 5) is 13.7. The van der Waals surface area contributed by atoms with Gasteiger partial charge in [0.05, 0.1) is 5.69 Å². The van der Waals surface area contributed by atoms with Gasteiger partial charge in [0, 0.05) is 6.54 Å². The summed E-state index contributed by atoms with van der Waals surface area (Å²) >= 11 is 0. The molecule has 0 bridgehead atoms. The highest BCUT2D eigenvalue weighted by molar-refractivity contribution is 5.97. The number of para-hydroxylation sites is 2. The van der Waals surface area contributed by atoms with Crippen LogP contribution in [0.5, 0.6) is 5.75 Å². The molecule has 0 atom stereocenters. The largest absolute Gasteiger partial charge is 0.482 e. The van der Waals surface area contributed by atoms with Crippen LogP contribution in [0.4, 0.5) is 5.69 Å². The van der Waals surface area contributed by atoms with E-state index in [0.717, 1.165) is 37.5 Å². The maximum Gasteiger partial charge on any atom is 0.265 e. The molecule has 0 aliphatic carbocycles. The van der Waals surface area contributed by atoms with Gasteiger partial charge in [0.25, 0.3) is 5.91 Å². The van der Waals surface area contributed by atoms with Crippen LogP contribution in [0.2, 0.25) is 0 Å². The van der Waals surface area contributed by atoms with Crippen LogP contribution < -0.4 is 15.0 Å². The van der Waals surface area contributed by atoms with Gasteiger partial charge < -0.3 is 15.0 Å². The fraction of sp³-hybridized carbons (Fsp3) is 0.533. The third-order valence-electron chi connectivity index (χ3n) is 3.10. The number of anilines is 1. The van der Waals surface area contributed by atoms with E-state index in [2.05, 4.69) is 19.2 Å². The number of rotatable bonds is 6. The van der Waals surface area contributed by atoms with Crippen molar-refractivity contribution in [3.05, 3.63) is 24.3 Å². The van der Waals surface area contributed by atoms with E-state index in [-0.39, 0.29) is 12.5 Å². The quantitative estimate of drug-likeness (QED) is 0.798. The molecule has 2 rings (SSSR count). The second-order valence-corrected chi connectivity index (χ2v) is 5.25. The second kappa shape index (κ2) is 6.57. The van der Waals surface area contributed by atoms with Gasteiger partial charge in [-0.1, -0.05) is 26.0 Å². The Morgan fingerprint density at radius 2 is 2.16 bits per heavy atom. The lowest BCUT2D eigenvalue weighted by atomic mass is 10.2. The summed E-state index contributed by atoms with van der Waals surface area (Å²) < 4.78 is 5.42. The van der Waals surface area contributed by atoms with E-state index in [0.29, 0.717) is 5.92 Å². The summed E-state index contributed by atoms with van der Waals surface area (Å²) in [5.41, 5.74) is 0.891. The summed E-state index contributed by atoms with van der Waals surface area (Å²) in [6.45, 7) is 7.23. The number of nitrogens with zero attached hydrogens (tertiary/aromatic N) is 1. The zero-order chi connectivity index (χ0) is 13.7. The third-order valence-corrected chi connectivity index (χ3v) is 3.10. The van der Waals surface area contributed by atoms with E-state index in [1.54, 1.807) is 0 Å². The molecule has 0 radical (unpaired) electrons. The molecule has 19 heavy (non-hydrogen) atoms. The number of carbonyl (C=O) groups excluding carboxylic acids is 1. The zero-order valence-electron chi connectivity index (χ0n) is 11.7. The van der Waals surface area contributed by atoms with E-state index >= 15 is 0 Å². The van der Waals surface area contributed by atoms with Crippen molar-refractivity contribution in [1.82, 2.24) is 5.32 Å². The zero-order valence-corrected chi connectivity index (χ0v) is 11.7. The van der Waals surface area contributed by atoms with Crippen molar-refractivity contribution in [1.29, 1.82) is 0 Å². The molecule has 1 N–H and O–H groups in total. The first-order chi connectivity index (χ1) is 9.18. The Kier molecular flexibility index (Phi) is 4.80. The number of ether oxygens (including phenoxy) is 1. The normalized spacial score (nSPS) is 14.5. The number of hydrogen-bond donors (Lipinski definition) is 1. The summed E-state index contributed by atoms with van der Waals surface area (Å²) in [5.74, 6) is 1.51. The molecule has 0 unspecified atom stereocenters. The van der Waals surface area contributed by atoms with Crippen LogP contribution in [0, 0.1) is 5.92 Å².